The van der Waals surface area contributed by atoms with Crippen molar-refractivity contribution in [2.45, 2.75) is 72.1 Å². The van der Waals surface area contributed by atoms with Crippen LogP contribution in [-0.4, -0.2) is 5.78 Å². The summed E-state index contributed by atoms with van der Waals surface area (Å²) in [6.07, 6.45) is 12.5. The molecule has 0 unspecified atom stereocenters. The molecule has 5 atom stereocenters. The van der Waals surface area contributed by atoms with Gasteiger partial charge in [0.25, 0.3) is 0 Å². The molecule has 0 N–H and O–H groups in total. The van der Waals surface area contributed by atoms with Gasteiger partial charge in [-0.25, -0.2) is 0 Å². The minimum atomic E-state index is -0.198. The van der Waals surface area contributed by atoms with Gasteiger partial charge in [-0.1, -0.05) is 31.1 Å². The first kappa shape index (κ1) is 16.1. The van der Waals surface area contributed by atoms with Crippen molar-refractivity contribution in [1.29, 1.82) is 5.26 Å². The first-order valence-electron chi connectivity index (χ1n) is 9.65. The molecular formula is C22H29NO. The van der Waals surface area contributed by atoms with E-state index in [2.05, 4.69) is 32.9 Å². The molecule has 0 aromatic heterocycles. The largest absolute Gasteiger partial charge is 0.295 e. The number of hydrogen-bond donors (Lipinski definition) is 0. The highest BCUT2D eigenvalue weighted by Crippen LogP contribution is 2.69. The van der Waals surface area contributed by atoms with Gasteiger partial charge in [0.15, 0.2) is 5.78 Å². The van der Waals surface area contributed by atoms with E-state index in [1.54, 1.807) is 0 Å². The van der Waals surface area contributed by atoms with Crippen LogP contribution < -0.4 is 0 Å². The van der Waals surface area contributed by atoms with Crippen LogP contribution in [0.3, 0.4) is 0 Å². The van der Waals surface area contributed by atoms with E-state index < -0.39 is 0 Å². The fourth-order valence-electron chi connectivity index (χ4n) is 7.02. The molecule has 24 heavy (non-hydrogen) atoms. The van der Waals surface area contributed by atoms with Gasteiger partial charge in [0.1, 0.15) is 0 Å². The summed E-state index contributed by atoms with van der Waals surface area (Å²) in [5, 5.41) is 10.4. The Kier molecular flexibility index (Phi) is 3.41. The predicted molar refractivity (Wildman–Crippen MR) is 95.0 cm³/mol. The Balaban J connectivity index is 1.81. The highest BCUT2D eigenvalue weighted by Gasteiger charge is 2.63. The quantitative estimate of drug-likeness (QED) is 0.563. The summed E-state index contributed by atoms with van der Waals surface area (Å²) >= 11 is 0. The van der Waals surface area contributed by atoms with E-state index in [9.17, 15) is 10.1 Å². The molecule has 0 aromatic carbocycles. The van der Waals surface area contributed by atoms with Crippen LogP contribution >= 0.6 is 0 Å². The average molecular weight is 323 g/mol. The van der Waals surface area contributed by atoms with Crippen LogP contribution in [0.25, 0.3) is 0 Å². The molecule has 0 saturated heterocycles. The van der Waals surface area contributed by atoms with Gasteiger partial charge in [0, 0.05) is 6.42 Å². The third-order valence-corrected chi connectivity index (χ3v) is 8.22. The average Bonchev–Trinajstić information content (AvgIpc) is 2.54. The van der Waals surface area contributed by atoms with Crippen molar-refractivity contribution in [3.05, 3.63) is 23.3 Å². The fourth-order valence-corrected chi connectivity index (χ4v) is 7.02. The molecule has 128 valence electrons. The van der Waals surface area contributed by atoms with Gasteiger partial charge >= 0.3 is 0 Å². The summed E-state index contributed by atoms with van der Waals surface area (Å²) < 4.78 is 0. The lowest BCUT2D eigenvalue weighted by atomic mass is 9.39. The summed E-state index contributed by atoms with van der Waals surface area (Å²) in [5.41, 5.74) is 3.01. The maximum absolute atomic E-state index is 11.9. The Bertz CT molecular complexity index is 695. The van der Waals surface area contributed by atoms with Crippen LogP contribution in [0.4, 0.5) is 0 Å². The third kappa shape index (κ3) is 1.97. The maximum atomic E-state index is 11.9. The smallest absolute Gasteiger partial charge is 0.155 e. The fraction of sp³-hybridized carbons (Fsp3) is 0.727. The number of ketones is 1. The summed E-state index contributed by atoms with van der Waals surface area (Å²) in [7, 11) is 0. The number of nitrogens with zero attached hydrogens (tertiary/aromatic N) is 1. The molecule has 2 heteroatoms. The van der Waals surface area contributed by atoms with Crippen molar-refractivity contribution in [1.82, 2.24) is 0 Å². The highest BCUT2D eigenvalue weighted by molar-refractivity contribution is 5.91. The van der Waals surface area contributed by atoms with E-state index in [0.29, 0.717) is 24.0 Å². The standard InChI is InChI=1S/C22H29NO/c1-15-4-5-18-20(2,13-15)9-8-19-21(3)10-7-17(24)12-16(21)6-11-22(18,19)14-23/h4,12,18-19H,5-11,13H2,1-3H3/t18-,19-,20-,21+,22-/m0/s1. The normalized spacial score (nSPS) is 47.5. The molecule has 0 heterocycles. The van der Waals surface area contributed by atoms with Crippen LogP contribution in [0.15, 0.2) is 23.3 Å². The molecule has 4 aliphatic rings. The number of carbonyl (C=O) groups is 1. The van der Waals surface area contributed by atoms with Gasteiger partial charge in [-0.3, -0.25) is 4.79 Å². The van der Waals surface area contributed by atoms with Crippen molar-refractivity contribution >= 4 is 5.78 Å². The van der Waals surface area contributed by atoms with E-state index in [-0.39, 0.29) is 16.2 Å². The van der Waals surface area contributed by atoms with E-state index in [1.807, 2.05) is 6.08 Å². The van der Waals surface area contributed by atoms with Gasteiger partial charge in [0.05, 0.1) is 11.5 Å². The van der Waals surface area contributed by atoms with Gasteiger partial charge in [-0.2, -0.15) is 5.26 Å². The molecule has 4 aliphatic carbocycles. The van der Waals surface area contributed by atoms with Crippen LogP contribution in [0.2, 0.25) is 0 Å². The molecule has 0 aromatic rings. The van der Waals surface area contributed by atoms with E-state index in [0.717, 1.165) is 38.5 Å². The predicted octanol–water partition coefficient (Wildman–Crippen LogP) is 5.36. The lowest BCUT2D eigenvalue weighted by Gasteiger charge is -2.63. The number of carbonyl (C=O) groups excluding carboxylic acids is 1. The second-order valence-electron chi connectivity index (χ2n) is 9.47. The molecule has 0 aliphatic heterocycles. The van der Waals surface area contributed by atoms with Crippen molar-refractivity contribution in [3.8, 4) is 6.07 Å². The number of hydrogen-bond acceptors (Lipinski definition) is 2. The second-order valence-corrected chi connectivity index (χ2v) is 9.47. The van der Waals surface area contributed by atoms with E-state index >= 15 is 0 Å². The summed E-state index contributed by atoms with van der Waals surface area (Å²) in [5.74, 6) is 1.20. The van der Waals surface area contributed by atoms with Crippen LogP contribution in [0.5, 0.6) is 0 Å². The molecule has 0 radical (unpaired) electrons. The lowest BCUT2D eigenvalue weighted by molar-refractivity contribution is -0.121. The molecule has 0 bridgehead atoms. The van der Waals surface area contributed by atoms with Crippen LogP contribution in [0.1, 0.15) is 72.1 Å². The molecule has 2 fully saturated rings. The molecule has 2 nitrogen and oxygen atoms in total. The highest BCUT2D eigenvalue weighted by atomic mass is 16.1. The minimum absolute atomic E-state index is 0.0689. The van der Waals surface area contributed by atoms with Crippen molar-refractivity contribution < 1.29 is 4.79 Å². The molecular weight excluding hydrogens is 294 g/mol. The van der Waals surface area contributed by atoms with E-state index in [4.69, 9.17) is 0 Å². The second kappa shape index (κ2) is 5.07. The van der Waals surface area contributed by atoms with Crippen LogP contribution in [-0.2, 0) is 4.79 Å². The first-order chi connectivity index (χ1) is 11.3. The number of fused-ring (bicyclic) bond motifs is 5. The lowest BCUT2D eigenvalue weighted by Crippen LogP contribution is -2.58. The zero-order valence-corrected chi connectivity index (χ0v) is 15.3. The number of nitriles is 1. The van der Waals surface area contributed by atoms with Gasteiger partial charge in [-0.15, -0.1) is 0 Å². The molecule has 2 saturated carbocycles. The maximum Gasteiger partial charge on any atom is 0.155 e. The van der Waals surface area contributed by atoms with E-state index in [1.165, 1.54) is 17.6 Å². The third-order valence-electron chi connectivity index (χ3n) is 8.22. The van der Waals surface area contributed by atoms with Crippen molar-refractivity contribution in [2.75, 3.05) is 0 Å². The Hall–Kier alpha value is -1.36. The Labute approximate surface area is 146 Å². The summed E-state index contributed by atoms with van der Waals surface area (Å²) in [4.78, 5) is 11.9. The minimum Gasteiger partial charge on any atom is -0.295 e. The Morgan fingerprint density at radius 3 is 2.71 bits per heavy atom. The van der Waals surface area contributed by atoms with Gasteiger partial charge in [0.2, 0.25) is 0 Å². The van der Waals surface area contributed by atoms with Gasteiger partial charge in [-0.05, 0) is 80.6 Å². The first-order valence-corrected chi connectivity index (χ1v) is 9.65. The van der Waals surface area contributed by atoms with Crippen molar-refractivity contribution in [3.63, 3.8) is 0 Å². The monoisotopic (exact) mass is 323 g/mol. The molecule has 0 spiro atoms. The zero-order chi connectivity index (χ0) is 17.2. The summed E-state index contributed by atoms with van der Waals surface area (Å²) in [6, 6.07) is 2.89. The molecule has 4 rings (SSSR count). The number of allylic oxidation sites excluding steroid dienone is 4. The topological polar surface area (TPSA) is 40.9 Å². The number of rotatable bonds is 0. The Morgan fingerprint density at radius 2 is 1.96 bits per heavy atom. The zero-order valence-electron chi connectivity index (χ0n) is 15.3. The van der Waals surface area contributed by atoms with Gasteiger partial charge < -0.3 is 0 Å². The van der Waals surface area contributed by atoms with Crippen LogP contribution in [0, 0.1) is 39.4 Å². The molecule has 0 amide bonds. The SMILES string of the molecule is CC1=CC[C@H]2[C@@](C)(CC[C@@H]3[C@]2(C#N)CCC2=CC(=O)CC[C@]23C)C1. The Morgan fingerprint density at radius 1 is 1.17 bits per heavy atom. The summed E-state index contributed by atoms with van der Waals surface area (Å²) in [6.45, 7) is 7.04. The van der Waals surface area contributed by atoms with Crippen molar-refractivity contribution in [2.24, 2.45) is 28.1 Å².